The van der Waals surface area contributed by atoms with Gasteiger partial charge >= 0.3 is 35.8 Å². The summed E-state index contributed by atoms with van der Waals surface area (Å²) in [5.41, 5.74) is 2.09. The number of nitrogens with one attached hydrogen (secondary N) is 3. The summed E-state index contributed by atoms with van der Waals surface area (Å²) in [6.07, 6.45) is 8.53. The number of morpholine rings is 2. The Kier molecular flexibility index (Phi) is 28.5. The Morgan fingerprint density at radius 2 is 1.11 bits per heavy atom. The maximum Gasteiger partial charge on any atom is 0.338 e. The number of rotatable bonds is 25. The topological polar surface area (TPSA) is 340 Å². The normalized spacial score (nSPS) is 21.7. The molecule has 0 radical (unpaired) electrons. The highest BCUT2D eigenvalue weighted by molar-refractivity contribution is 9.10. The van der Waals surface area contributed by atoms with Crippen LogP contribution < -0.4 is 16.0 Å². The quantitative estimate of drug-likeness (QED) is 0.0134. The number of hydrogen-bond acceptors (Lipinski definition) is 27. The number of benzene rings is 3. The second-order valence-electron chi connectivity index (χ2n) is 24.6. The molecule has 3 unspecified atom stereocenters. The molecule has 3 aromatic heterocycles. The molecule has 6 aliphatic rings. The minimum atomic E-state index is -3.30. The third-order valence-corrected chi connectivity index (χ3v) is 20.6. The van der Waals surface area contributed by atoms with Crippen molar-refractivity contribution in [1.29, 1.82) is 0 Å². The molecule has 3 aromatic carbocycles. The lowest BCUT2D eigenvalue weighted by molar-refractivity contribution is -0.153. The smallest absolute Gasteiger partial charge is 0.338 e. The summed E-state index contributed by atoms with van der Waals surface area (Å²) in [5, 5.41) is 43.8. The van der Waals surface area contributed by atoms with Crippen molar-refractivity contribution < 1.29 is 94.5 Å². The van der Waals surface area contributed by atoms with E-state index in [2.05, 4.69) is 46.8 Å². The molecule has 578 valence electrons. The zero-order valence-corrected chi connectivity index (χ0v) is 63.5. The van der Waals surface area contributed by atoms with Gasteiger partial charge in [0.25, 0.3) is 5.92 Å². The maximum atomic E-state index is 14.6. The van der Waals surface area contributed by atoms with Crippen molar-refractivity contribution in [3.05, 3.63) is 212 Å². The Balaban J connectivity index is 0.000000174. The van der Waals surface area contributed by atoms with Gasteiger partial charge in [-0.3, -0.25) is 24.7 Å². The van der Waals surface area contributed by atoms with Crippen LogP contribution in [0.1, 0.15) is 71.5 Å². The summed E-state index contributed by atoms with van der Waals surface area (Å²) in [5.74, 6) is -8.80. The van der Waals surface area contributed by atoms with E-state index in [0.29, 0.717) is 105 Å². The Morgan fingerprint density at radius 1 is 0.642 bits per heavy atom. The Hall–Kier alpha value is -9.34. The molecule has 12 rings (SSSR count). The number of thiazole rings is 3. The molecule has 6 aromatic rings. The van der Waals surface area contributed by atoms with E-state index in [1.165, 1.54) is 93.5 Å². The molecule has 0 spiro atoms. The first-order chi connectivity index (χ1) is 52.3. The maximum absolute atomic E-state index is 14.6. The molecular formula is C72H73BrClF5N12O15S3. The summed E-state index contributed by atoms with van der Waals surface area (Å²) in [6, 6.07) is 11.4. The number of alkyl halides is 2. The van der Waals surface area contributed by atoms with Crippen molar-refractivity contribution in [2.75, 3.05) is 98.7 Å². The number of hydrogen-bond donors (Lipinski definition) is 6. The third-order valence-electron chi connectivity index (χ3n) is 17.3. The molecule has 37 heteroatoms. The highest BCUT2D eigenvalue weighted by Gasteiger charge is 2.51. The number of halogens is 7. The van der Waals surface area contributed by atoms with Crippen LogP contribution in [0.3, 0.4) is 0 Å². The van der Waals surface area contributed by atoms with E-state index >= 15 is 0 Å². The highest BCUT2D eigenvalue weighted by Crippen LogP contribution is 2.43. The van der Waals surface area contributed by atoms with Gasteiger partial charge in [0.05, 0.1) is 81.6 Å². The lowest BCUT2D eigenvalue weighted by atomic mass is 9.82. The van der Waals surface area contributed by atoms with Gasteiger partial charge in [0.2, 0.25) is 0 Å². The molecule has 27 nitrogen and oxygen atoms in total. The number of aliphatic carboxylic acids is 3. The molecule has 6 aliphatic heterocycles. The number of carbonyl (C=O) groups excluding carboxylic acids is 3. The zero-order valence-electron chi connectivity index (χ0n) is 58.7. The van der Waals surface area contributed by atoms with Gasteiger partial charge in [-0.15, -0.1) is 34.0 Å². The van der Waals surface area contributed by atoms with Crippen molar-refractivity contribution in [3.8, 4) is 0 Å². The standard InChI is InChI=1S/C24H24BrFN4O5S.C24H24ClFN4O5S.C24H25F3N4O5S/c2*1-2-35-24(33)20-18(12-30-8-9-34-13-15(30)4-6-19(31)32)28-22(23-27-7-10-36-23)29-21(20)16-5-3-14(26)11-17(16)25;1-3-35-22(34)19-16(10-31-11-17(24(26,27)13-31)36-12-18(32)33)29-20(21-28-8-9-37-21)30-23(19,2)14-4-6-15(25)7-5-14/h2*3-7,10-11,15,21H,2,8-9,12-13H2,1H3,(H,28,29)(H,31,32);4-9,17H,3,10-13H2,1-2H3,(H,29,30)(H,32,33)/b2*6-4+;/t2*15?,21-;17?,23-/m000/s1. The van der Waals surface area contributed by atoms with Gasteiger partial charge in [-0.05, 0) is 75.2 Å². The van der Waals surface area contributed by atoms with Crippen molar-refractivity contribution in [2.24, 2.45) is 15.0 Å². The predicted molar refractivity (Wildman–Crippen MR) is 396 cm³/mol. The van der Waals surface area contributed by atoms with Crippen molar-refractivity contribution in [2.45, 2.75) is 69.4 Å². The first-order valence-electron chi connectivity index (χ1n) is 33.8. The van der Waals surface area contributed by atoms with Crippen molar-refractivity contribution in [3.63, 3.8) is 0 Å². The van der Waals surface area contributed by atoms with E-state index in [1.54, 1.807) is 75.3 Å². The second-order valence-corrected chi connectivity index (χ2v) is 28.5. The number of ether oxygens (including phenoxy) is 6. The number of carboxylic acids is 3. The van der Waals surface area contributed by atoms with Crippen LogP contribution in [0, 0.1) is 17.5 Å². The number of aromatic nitrogens is 3. The average Bonchev–Trinajstić information content (AvgIpc) is 1.71. The van der Waals surface area contributed by atoms with Gasteiger partial charge < -0.3 is 59.7 Å². The fraction of sp³-hybridized carbons (Fsp3) is 0.361. The largest absolute Gasteiger partial charge is 0.480 e. The van der Waals surface area contributed by atoms with E-state index in [9.17, 15) is 50.7 Å². The fourth-order valence-corrected chi connectivity index (χ4v) is 15.0. The van der Waals surface area contributed by atoms with Crippen LogP contribution in [-0.4, -0.2) is 221 Å². The Morgan fingerprint density at radius 3 is 1.58 bits per heavy atom. The first kappa shape index (κ1) is 82.2. The van der Waals surface area contributed by atoms with Crippen LogP contribution >= 0.6 is 61.5 Å². The number of carboxylic acid groups (broad SMARTS) is 3. The average molecular weight is 1650 g/mol. The number of esters is 3. The number of likely N-dealkylation sites (tertiary alicyclic amines) is 1. The van der Waals surface area contributed by atoms with Gasteiger partial charge in [-0.1, -0.05) is 63.9 Å². The Labute approximate surface area is 646 Å². The zero-order chi connectivity index (χ0) is 78.1. The molecular weight excluding hydrogens is 1580 g/mol. The van der Waals surface area contributed by atoms with E-state index in [1.807, 2.05) is 15.2 Å². The molecule has 9 heterocycles. The van der Waals surface area contributed by atoms with E-state index in [-0.39, 0.29) is 85.5 Å². The number of carbonyl (C=O) groups is 6. The Bertz CT molecular complexity index is 4370. The molecule has 0 aliphatic carbocycles. The van der Waals surface area contributed by atoms with E-state index in [4.69, 9.17) is 70.3 Å². The van der Waals surface area contributed by atoms with Crippen molar-refractivity contribution >= 4 is 115 Å². The van der Waals surface area contributed by atoms with Gasteiger partial charge in [0, 0.05) is 118 Å². The van der Waals surface area contributed by atoms with E-state index < -0.39 is 96.1 Å². The SMILES string of the molecule is CCOC(=O)C1=C(CN2CC(OCC(=O)O)C(F)(F)C2)NC(c2nccs2)=N[C@@]1(C)c1ccc(F)cc1.CCOC(=O)C1=C(CN2CCOCC2/C=C/C(=O)O)NC(c2nccs2)=N[C@H]1c1ccc(F)cc1Br.CCOC(=O)C1=C(CN2CCOCC2/C=C/C(=O)O)NC(c2nccs2)=N[C@H]1c1ccc(F)cc1Cl. The van der Waals surface area contributed by atoms with Crippen LogP contribution in [-0.2, 0) is 62.7 Å². The highest BCUT2D eigenvalue weighted by atomic mass is 79.9. The summed E-state index contributed by atoms with van der Waals surface area (Å²) in [4.78, 5) is 105. The molecule has 3 fully saturated rings. The lowest BCUT2D eigenvalue weighted by Gasteiger charge is -2.36. The van der Waals surface area contributed by atoms with Gasteiger partial charge in [0.1, 0.15) is 47.8 Å². The van der Waals surface area contributed by atoms with Gasteiger partial charge in [0.15, 0.2) is 32.5 Å². The summed E-state index contributed by atoms with van der Waals surface area (Å²) < 4.78 is 103. The van der Waals surface area contributed by atoms with Crippen LogP contribution in [0.2, 0.25) is 5.02 Å². The van der Waals surface area contributed by atoms with Crippen LogP contribution in [0.5, 0.6) is 0 Å². The second kappa shape index (κ2) is 37.9. The van der Waals surface area contributed by atoms with Crippen LogP contribution in [0.25, 0.3) is 0 Å². The molecule has 0 amide bonds. The summed E-state index contributed by atoms with van der Waals surface area (Å²) >= 11 is 13.9. The molecule has 109 heavy (non-hydrogen) atoms. The molecule has 6 N–H and O–H groups in total. The fourth-order valence-electron chi connectivity index (χ4n) is 12.4. The minimum absolute atomic E-state index is 0.0606. The van der Waals surface area contributed by atoms with Crippen LogP contribution in [0.4, 0.5) is 22.0 Å². The lowest BCUT2D eigenvalue weighted by Crippen LogP contribution is -2.48. The third kappa shape index (κ3) is 21.0. The number of amidine groups is 3. The summed E-state index contributed by atoms with van der Waals surface area (Å²) in [7, 11) is 0. The van der Waals surface area contributed by atoms with Gasteiger partial charge in [-0.25, -0.2) is 70.7 Å². The molecule has 3 saturated heterocycles. The first-order valence-corrected chi connectivity index (χ1v) is 37.6. The number of aliphatic imine (C=N–C) groups is 3. The predicted octanol–water partition coefficient (Wildman–Crippen LogP) is 9.27. The van der Waals surface area contributed by atoms with E-state index in [0.717, 1.165) is 12.2 Å². The summed E-state index contributed by atoms with van der Waals surface area (Å²) in [6.45, 7) is 8.16. The van der Waals surface area contributed by atoms with Gasteiger partial charge in [-0.2, -0.15) is 0 Å². The van der Waals surface area contributed by atoms with Crippen molar-refractivity contribution in [1.82, 2.24) is 45.6 Å². The molecule has 0 bridgehead atoms. The van der Waals surface area contributed by atoms with Crippen LogP contribution in [0.15, 0.2) is 173 Å². The molecule has 0 saturated carbocycles. The number of nitrogens with zero attached hydrogens (tertiary/aromatic N) is 9. The minimum Gasteiger partial charge on any atom is -0.480 e. The molecule has 6 atom stereocenters. The monoisotopic (exact) mass is 1650 g/mol.